The summed E-state index contributed by atoms with van der Waals surface area (Å²) in [5, 5.41) is 4.10. The van der Waals surface area contributed by atoms with E-state index in [0.29, 0.717) is 19.7 Å². The summed E-state index contributed by atoms with van der Waals surface area (Å²) in [6.45, 7) is 3.78. The van der Waals surface area contributed by atoms with Gasteiger partial charge in [0.1, 0.15) is 0 Å². The lowest BCUT2D eigenvalue weighted by molar-refractivity contribution is 0.0680. The molecule has 0 radical (unpaired) electrons. The molecule has 0 saturated heterocycles. The zero-order valence-corrected chi connectivity index (χ0v) is 12.7. The highest BCUT2D eigenvalue weighted by molar-refractivity contribution is 7.07. The molecule has 1 aromatic carbocycles. The van der Waals surface area contributed by atoms with E-state index in [4.69, 9.17) is 4.74 Å². The van der Waals surface area contributed by atoms with Gasteiger partial charge in [0.25, 0.3) is 5.91 Å². The van der Waals surface area contributed by atoms with Gasteiger partial charge in [0, 0.05) is 25.8 Å². The van der Waals surface area contributed by atoms with Crippen LogP contribution in [0.5, 0.6) is 0 Å². The van der Waals surface area contributed by atoms with Crippen LogP contribution in [-0.2, 0) is 11.3 Å². The summed E-state index contributed by atoms with van der Waals surface area (Å²) < 4.78 is 5.11. The van der Waals surface area contributed by atoms with Crippen LogP contribution < -0.4 is 0 Å². The lowest BCUT2D eigenvalue weighted by Gasteiger charge is -2.22. The molecule has 1 amide bonds. The van der Waals surface area contributed by atoms with Crippen molar-refractivity contribution in [3.8, 4) is 0 Å². The van der Waals surface area contributed by atoms with Crippen molar-refractivity contribution >= 4 is 17.2 Å². The Bertz CT molecular complexity index is 534. The molecule has 106 valence electrons. The smallest absolute Gasteiger partial charge is 0.254 e. The second-order valence-corrected chi connectivity index (χ2v) is 5.50. The molecule has 2 rings (SSSR count). The lowest BCUT2D eigenvalue weighted by atomic mass is 10.1. The molecule has 2 aromatic rings. The summed E-state index contributed by atoms with van der Waals surface area (Å²) in [6.07, 6.45) is 0. The number of thiophene rings is 1. The molecule has 20 heavy (non-hydrogen) atoms. The average Bonchev–Trinajstić information content (AvgIpc) is 2.96. The Labute approximate surface area is 123 Å². The third-order valence-electron chi connectivity index (χ3n) is 3.10. The summed E-state index contributed by atoms with van der Waals surface area (Å²) in [7, 11) is 1.65. The first-order valence-corrected chi connectivity index (χ1v) is 7.51. The molecule has 0 atom stereocenters. The van der Waals surface area contributed by atoms with E-state index in [9.17, 15) is 4.79 Å². The van der Waals surface area contributed by atoms with Gasteiger partial charge in [0.15, 0.2) is 0 Å². The van der Waals surface area contributed by atoms with Crippen molar-refractivity contribution in [3.63, 3.8) is 0 Å². The monoisotopic (exact) mass is 289 g/mol. The normalized spacial score (nSPS) is 10.5. The van der Waals surface area contributed by atoms with Crippen LogP contribution in [0.2, 0.25) is 0 Å². The Morgan fingerprint density at radius 1 is 1.25 bits per heavy atom. The number of carbonyl (C=O) groups excluding carboxylic acids is 1. The molecule has 0 aliphatic rings. The van der Waals surface area contributed by atoms with Crippen LogP contribution in [0.1, 0.15) is 21.5 Å². The summed E-state index contributed by atoms with van der Waals surface area (Å²) in [5.74, 6) is 0.0493. The minimum atomic E-state index is 0.0493. The number of hydrogen-bond acceptors (Lipinski definition) is 3. The number of nitrogens with zero attached hydrogens (tertiary/aromatic N) is 1. The third kappa shape index (κ3) is 3.92. The van der Waals surface area contributed by atoms with E-state index in [1.54, 1.807) is 18.4 Å². The first-order valence-electron chi connectivity index (χ1n) is 6.56. The number of benzene rings is 1. The molecule has 0 aliphatic carbocycles. The fourth-order valence-corrected chi connectivity index (χ4v) is 2.60. The molecule has 0 fully saturated rings. The van der Waals surface area contributed by atoms with E-state index in [2.05, 4.69) is 5.38 Å². The Morgan fingerprint density at radius 3 is 2.60 bits per heavy atom. The fraction of sp³-hybridized carbons (Fsp3) is 0.312. The van der Waals surface area contributed by atoms with E-state index >= 15 is 0 Å². The van der Waals surface area contributed by atoms with Gasteiger partial charge in [-0.2, -0.15) is 11.3 Å². The first kappa shape index (κ1) is 14.8. The molecule has 0 N–H and O–H groups in total. The highest BCUT2D eigenvalue weighted by Crippen LogP contribution is 2.13. The Morgan fingerprint density at radius 2 is 2.00 bits per heavy atom. The van der Waals surface area contributed by atoms with Gasteiger partial charge in [0.2, 0.25) is 0 Å². The first-order chi connectivity index (χ1) is 9.70. The van der Waals surface area contributed by atoms with Gasteiger partial charge in [0.05, 0.1) is 6.61 Å². The van der Waals surface area contributed by atoms with E-state index in [-0.39, 0.29) is 5.91 Å². The Hall–Kier alpha value is -1.65. The van der Waals surface area contributed by atoms with Crippen LogP contribution in [-0.4, -0.2) is 31.1 Å². The number of amides is 1. The van der Waals surface area contributed by atoms with Crippen molar-refractivity contribution in [2.75, 3.05) is 20.3 Å². The quantitative estimate of drug-likeness (QED) is 0.816. The molecule has 0 spiro atoms. The van der Waals surface area contributed by atoms with Crippen LogP contribution in [0.3, 0.4) is 0 Å². The lowest BCUT2D eigenvalue weighted by Crippen LogP contribution is -2.33. The second kappa shape index (κ2) is 7.22. The fourth-order valence-electron chi connectivity index (χ4n) is 1.94. The topological polar surface area (TPSA) is 29.5 Å². The van der Waals surface area contributed by atoms with Gasteiger partial charge >= 0.3 is 0 Å². The SMILES string of the molecule is COCCN(Cc1ccsc1)C(=O)c1ccc(C)cc1. The molecule has 4 heteroatoms. The van der Waals surface area contributed by atoms with E-state index in [1.807, 2.05) is 47.5 Å². The van der Waals surface area contributed by atoms with E-state index < -0.39 is 0 Å². The van der Waals surface area contributed by atoms with Crippen LogP contribution in [0, 0.1) is 6.92 Å². The standard InChI is InChI=1S/C16H19NO2S/c1-13-3-5-15(6-4-13)16(18)17(8-9-19-2)11-14-7-10-20-12-14/h3-7,10,12H,8-9,11H2,1-2H3. The van der Waals surface area contributed by atoms with Crippen molar-refractivity contribution in [2.45, 2.75) is 13.5 Å². The zero-order valence-electron chi connectivity index (χ0n) is 11.8. The summed E-state index contributed by atoms with van der Waals surface area (Å²) in [6, 6.07) is 9.74. The van der Waals surface area contributed by atoms with Crippen LogP contribution in [0.15, 0.2) is 41.1 Å². The highest BCUT2D eigenvalue weighted by atomic mass is 32.1. The predicted octanol–water partition coefficient (Wildman–Crippen LogP) is 3.35. The van der Waals surface area contributed by atoms with Crippen LogP contribution in [0.4, 0.5) is 0 Å². The third-order valence-corrected chi connectivity index (χ3v) is 3.84. The van der Waals surface area contributed by atoms with Crippen molar-refractivity contribution < 1.29 is 9.53 Å². The summed E-state index contributed by atoms with van der Waals surface area (Å²) in [5.41, 5.74) is 3.04. The predicted molar refractivity (Wildman–Crippen MR) is 82.1 cm³/mol. The van der Waals surface area contributed by atoms with E-state index in [0.717, 1.165) is 16.7 Å². The van der Waals surface area contributed by atoms with Gasteiger partial charge < -0.3 is 9.64 Å². The van der Waals surface area contributed by atoms with Gasteiger partial charge in [-0.1, -0.05) is 17.7 Å². The molecule has 0 unspecified atom stereocenters. The average molecular weight is 289 g/mol. The van der Waals surface area contributed by atoms with Crippen molar-refractivity contribution in [1.29, 1.82) is 0 Å². The molecule has 3 nitrogen and oxygen atoms in total. The number of hydrogen-bond donors (Lipinski definition) is 0. The maximum Gasteiger partial charge on any atom is 0.254 e. The van der Waals surface area contributed by atoms with Crippen molar-refractivity contribution in [1.82, 2.24) is 4.90 Å². The Kier molecular flexibility index (Phi) is 5.32. The molecule has 0 saturated carbocycles. The van der Waals surface area contributed by atoms with Gasteiger partial charge in [-0.25, -0.2) is 0 Å². The Balaban J connectivity index is 2.12. The minimum absolute atomic E-state index is 0.0493. The molecular weight excluding hydrogens is 270 g/mol. The summed E-state index contributed by atoms with van der Waals surface area (Å²) in [4.78, 5) is 14.4. The maximum absolute atomic E-state index is 12.6. The summed E-state index contributed by atoms with van der Waals surface area (Å²) >= 11 is 1.65. The van der Waals surface area contributed by atoms with Gasteiger partial charge in [-0.05, 0) is 41.4 Å². The van der Waals surface area contributed by atoms with Crippen LogP contribution >= 0.6 is 11.3 Å². The van der Waals surface area contributed by atoms with Crippen molar-refractivity contribution in [2.24, 2.45) is 0 Å². The maximum atomic E-state index is 12.6. The number of carbonyl (C=O) groups is 1. The zero-order chi connectivity index (χ0) is 14.4. The number of aryl methyl sites for hydroxylation is 1. The molecule has 0 bridgehead atoms. The number of methoxy groups -OCH3 is 1. The second-order valence-electron chi connectivity index (χ2n) is 4.72. The van der Waals surface area contributed by atoms with Gasteiger partial charge in [-0.3, -0.25) is 4.79 Å². The molecular formula is C16H19NO2S. The van der Waals surface area contributed by atoms with Crippen molar-refractivity contribution in [3.05, 3.63) is 57.8 Å². The molecule has 1 heterocycles. The van der Waals surface area contributed by atoms with Gasteiger partial charge in [-0.15, -0.1) is 0 Å². The molecule has 0 aliphatic heterocycles. The number of rotatable bonds is 6. The van der Waals surface area contributed by atoms with E-state index in [1.165, 1.54) is 0 Å². The number of ether oxygens (including phenoxy) is 1. The largest absolute Gasteiger partial charge is 0.383 e. The minimum Gasteiger partial charge on any atom is -0.383 e. The molecule has 1 aromatic heterocycles. The van der Waals surface area contributed by atoms with Crippen LogP contribution in [0.25, 0.3) is 0 Å². The highest BCUT2D eigenvalue weighted by Gasteiger charge is 2.16.